The third-order valence-electron chi connectivity index (χ3n) is 6.33. The number of amides is 1. The van der Waals surface area contributed by atoms with Crippen LogP contribution in [-0.4, -0.2) is 28.8 Å². The molecule has 0 aliphatic rings. The highest BCUT2D eigenvalue weighted by Crippen LogP contribution is 2.40. The van der Waals surface area contributed by atoms with E-state index in [4.69, 9.17) is 9.47 Å². The van der Waals surface area contributed by atoms with Gasteiger partial charge >= 0.3 is 0 Å². The molecule has 10 heteroatoms. The van der Waals surface area contributed by atoms with Gasteiger partial charge in [0.2, 0.25) is 5.91 Å². The number of carbonyl (C=O) groups excluding carboxylic acids is 1. The Morgan fingerprint density at radius 1 is 0.976 bits per heavy atom. The van der Waals surface area contributed by atoms with Gasteiger partial charge in [-0.25, -0.2) is 4.21 Å². The minimum Gasteiger partial charge on any atom is -0.493 e. The Kier molecular flexibility index (Phi) is 9.94. The summed E-state index contributed by atoms with van der Waals surface area (Å²) in [6.07, 6.45) is 0. The van der Waals surface area contributed by atoms with E-state index in [-0.39, 0.29) is 24.7 Å². The van der Waals surface area contributed by atoms with Crippen LogP contribution < -0.4 is 24.4 Å². The predicted octanol–water partition coefficient (Wildman–Crippen LogP) is 5.19. The normalized spacial score (nSPS) is 12.0. The highest BCUT2D eigenvalue weighted by molar-refractivity contribution is 7.80. The number of nitrogens with one attached hydrogen (secondary N) is 2. The number of hydrogen-bond acceptors (Lipinski definition) is 6. The molecule has 41 heavy (non-hydrogen) atoms. The van der Waals surface area contributed by atoms with Crippen LogP contribution in [-0.2, 0) is 29.2 Å². The van der Waals surface area contributed by atoms with E-state index in [9.17, 15) is 18.8 Å². The number of ether oxygens (including phenoxy) is 2. The Labute approximate surface area is 241 Å². The Morgan fingerprint density at radius 2 is 1.61 bits per heavy atom. The van der Waals surface area contributed by atoms with E-state index in [1.807, 2.05) is 60.7 Å². The summed E-state index contributed by atoms with van der Waals surface area (Å²) in [4.78, 5) is 13.7. The van der Waals surface area contributed by atoms with Gasteiger partial charge in [-0.3, -0.25) is 13.7 Å². The van der Waals surface area contributed by atoms with E-state index in [1.54, 1.807) is 36.4 Å². The first-order chi connectivity index (χ1) is 19.9. The molecule has 1 amide bonds. The molecule has 9 nitrogen and oxygen atoms in total. The van der Waals surface area contributed by atoms with Crippen molar-refractivity contribution >= 4 is 28.5 Å². The third-order valence-corrected chi connectivity index (χ3v) is 7.00. The van der Waals surface area contributed by atoms with Crippen molar-refractivity contribution in [2.75, 3.05) is 23.8 Å². The molecule has 4 aromatic rings. The minimum atomic E-state index is -2.40. The van der Waals surface area contributed by atoms with Crippen LogP contribution in [0.25, 0.3) is 0 Å². The first kappa shape index (κ1) is 29.1. The molecule has 0 saturated heterocycles. The molecule has 0 saturated carbocycles. The molecule has 0 aromatic heterocycles. The van der Waals surface area contributed by atoms with Gasteiger partial charge in [0, 0.05) is 30.9 Å². The first-order valence-electron chi connectivity index (χ1n) is 12.7. The zero-order valence-corrected chi connectivity index (χ0v) is 23.4. The van der Waals surface area contributed by atoms with E-state index in [2.05, 4.69) is 16.7 Å². The molecule has 2 unspecified atom stereocenters. The lowest BCUT2D eigenvalue weighted by molar-refractivity contribution is -0.122. The molecule has 0 radical (unpaired) electrons. The maximum atomic E-state index is 13.7. The van der Waals surface area contributed by atoms with Gasteiger partial charge < -0.3 is 20.1 Å². The van der Waals surface area contributed by atoms with Crippen LogP contribution in [0.4, 0.5) is 11.4 Å². The lowest BCUT2D eigenvalue weighted by Crippen LogP contribution is -2.34. The van der Waals surface area contributed by atoms with Gasteiger partial charge in [0.25, 0.3) is 11.3 Å². The van der Waals surface area contributed by atoms with Crippen molar-refractivity contribution in [3.63, 3.8) is 0 Å². The molecule has 4 rings (SSSR count). The highest BCUT2D eigenvalue weighted by Gasteiger charge is 2.28. The summed E-state index contributed by atoms with van der Waals surface area (Å²) in [6.45, 7) is 0.518. The maximum absolute atomic E-state index is 13.7. The van der Waals surface area contributed by atoms with Crippen LogP contribution in [0, 0.1) is 11.3 Å². The third kappa shape index (κ3) is 7.63. The molecule has 2 atom stereocenters. The summed E-state index contributed by atoms with van der Waals surface area (Å²) in [5.74, 6) is 0.310. The number of benzene rings is 4. The Morgan fingerprint density at radius 3 is 2.20 bits per heavy atom. The van der Waals surface area contributed by atoms with Gasteiger partial charge in [0.15, 0.2) is 11.5 Å². The van der Waals surface area contributed by atoms with Crippen LogP contribution in [0.3, 0.4) is 0 Å². The Bertz CT molecular complexity index is 1530. The molecule has 0 aliphatic heterocycles. The second-order valence-electron chi connectivity index (χ2n) is 9.03. The molecule has 4 aromatic carbocycles. The zero-order valence-electron chi connectivity index (χ0n) is 22.6. The van der Waals surface area contributed by atoms with Gasteiger partial charge in [0.05, 0.1) is 24.4 Å². The topological polar surface area (TPSA) is 124 Å². The van der Waals surface area contributed by atoms with Crippen molar-refractivity contribution in [2.45, 2.75) is 19.2 Å². The van der Waals surface area contributed by atoms with Crippen LogP contribution in [0.5, 0.6) is 11.5 Å². The first-order valence-corrected chi connectivity index (χ1v) is 13.8. The molecular formula is C31H30N4O5S. The van der Waals surface area contributed by atoms with E-state index < -0.39 is 17.3 Å². The number of methoxy groups -OCH3 is 1. The van der Waals surface area contributed by atoms with Crippen molar-refractivity contribution in [1.29, 1.82) is 5.26 Å². The van der Waals surface area contributed by atoms with E-state index in [0.29, 0.717) is 28.3 Å². The quantitative estimate of drug-likeness (QED) is 0.200. The minimum absolute atomic E-state index is 0.242. The largest absolute Gasteiger partial charge is 0.493 e. The van der Waals surface area contributed by atoms with Crippen LogP contribution in [0.1, 0.15) is 28.3 Å². The monoisotopic (exact) mass is 570 g/mol. The number of carbonyl (C=O) groups is 1. The van der Waals surface area contributed by atoms with Crippen LogP contribution in [0.2, 0.25) is 0 Å². The molecular weight excluding hydrogens is 540 g/mol. The van der Waals surface area contributed by atoms with Crippen molar-refractivity contribution < 1.29 is 23.0 Å². The molecule has 0 aliphatic carbocycles. The highest BCUT2D eigenvalue weighted by atomic mass is 32.2. The lowest BCUT2D eigenvalue weighted by Gasteiger charge is -2.27. The molecule has 3 N–H and O–H groups in total. The standard InChI is InChI=1S/C31H30N4O5S/c1-35(41(37)38)27-18-29(40-21-24-11-7-4-8-12-24)28(39-2)17-26(27)30(34-25-15-13-22(19-32)14-16-25)31(36)33-20-23-9-5-3-6-10-23/h3-18,30,34H,20-21H2,1-2H3,(H,33,36)(H,37,38). The van der Waals surface area contributed by atoms with Crippen molar-refractivity contribution in [3.05, 3.63) is 119 Å². The average Bonchev–Trinajstić information content (AvgIpc) is 3.02. The molecule has 0 fully saturated rings. The second-order valence-corrected chi connectivity index (χ2v) is 10.0. The van der Waals surface area contributed by atoms with Crippen LogP contribution >= 0.6 is 0 Å². The lowest BCUT2D eigenvalue weighted by atomic mass is 10.0. The summed E-state index contributed by atoms with van der Waals surface area (Å²) in [5.41, 5.74) is 3.56. The summed E-state index contributed by atoms with van der Waals surface area (Å²) in [5, 5.41) is 15.4. The van der Waals surface area contributed by atoms with Gasteiger partial charge in [0.1, 0.15) is 12.6 Å². The summed E-state index contributed by atoms with van der Waals surface area (Å²) >= 11 is -2.40. The fourth-order valence-corrected chi connectivity index (χ4v) is 4.47. The zero-order chi connectivity index (χ0) is 29.2. The van der Waals surface area contributed by atoms with Crippen molar-refractivity contribution in [2.24, 2.45) is 0 Å². The number of rotatable bonds is 12. The Balaban J connectivity index is 1.75. The maximum Gasteiger partial charge on any atom is 0.261 e. The summed E-state index contributed by atoms with van der Waals surface area (Å²) in [7, 11) is 2.93. The average molecular weight is 571 g/mol. The van der Waals surface area contributed by atoms with Crippen LogP contribution in [0.15, 0.2) is 97.1 Å². The van der Waals surface area contributed by atoms with Gasteiger partial charge in [-0.2, -0.15) is 5.26 Å². The van der Waals surface area contributed by atoms with E-state index in [0.717, 1.165) is 15.4 Å². The Hall–Kier alpha value is -4.85. The van der Waals surface area contributed by atoms with Crippen molar-refractivity contribution in [1.82, 2.24) is 5.32 Å². The van der Waals surface area contributed by atoms with Gasteiger partial charge in [-0.15, -0.1) is 0 Å². The molecule has 0 bridgehead atoms. The second kappa shape index (κ2) is 14.0. The molecule has 0 spiro atoms. The van der Waals surface area contributed by atoms with Crippen molar-refractivity contribution in [3.8, 4) is 17.6 Å². The number of hydrogen-bond donors (Lipinski definition) is 3. The fourth-order valence-electron chi connectivity index (χ4n) is 4.14. The molecule has 0 heterocycles. The predicted molar refractivity (Wildman–Crippen MR) is 159 cm³/mol. The summed E-state index contributed by atoms with van der Waals surface area (Å²) < 4.78 is 35.1. The van der Waals surface area contributed by atoms with Gasteiger partial charge in [-0.05, 0) is 41.5 Å². The molecule has 210 valence electrons. The number of nitrogens with zero attached hydrogens (tertiary/aromatic N) is 2. The van der Waals surface area contributed by atoms with E-state index >= 15 is 0 Å². The SMILES string of the molecule is COc1cc(C(Nc2ccc(C#N)cc2)C(=O)NCc2ccccc2)c(N(C)S(=O)O)cc1OCc1ccccc1. The van der Waals surface area contributed by atoms with E-state index in [1.165, 1.54) is 14.2 Å². The fraction of sp³-hybridized carbons (Fsp3) is 0.161. The summed E-state index contributed by atoms with van der Waals surface area (Å²) in [6, 6.07) is 30.0. The number of nitriles is 1. The van der Waals surface area contributed by atoms with Gasteiger partial charge in [-0.1, -0.05) is 60.7 Å². The number of anilines is 2. The smallest absolute Gasteiger partial charge is 0.261 e.